The van der Waals surface area contributed by atoms with Gasteiger partial charge in [-0.15, -0.1) is 0 Å². The third kappa shape index (κ3) is 1.50. The standard InChI is InChI=1S/C12H16N2O2/c1-7-4-5-8(6-9(7)14(15)16)10-11(13)12(10,2)3/h4-6,10-11H,13H2,1-3H3. The molecule has 2 N–H and O–H groups in total. The van der Waals surface area contributed by atoms with Crippen molar-refractivity contribution in [2.24, 2.45) is 11.1 Å². The fourth-order valence-electron chi connectivity index (χ4n) is 2.33. The van der Waals surface area contributed by atoms with E-state index in [9.17, 15) is 10.1 Å². The highest BCUT2D eigenvalue weighted by molar-refractivity contribution is 5.46. The molecule has 1 fully saturated rings. The van der Waals surface area contributed by atoms with Crippen molar-refractivity contribution in [3.8, 4) is 0 Å². The number of nitrogens with zero attached hydrogens (tertiary/aromatic N) is 1. The van der Waals surface area contributed by atoms with Gasteiger partial charge in [-0.1, -0.05) is 26.0 Å². The molecule has 0 bridgehead atoms. The van der Waals surface area contributed by atoms with Crippen molar-refractivity contribution < 1.29 is 4.92 Å². The Balaban J connectivity index is 2.39. The largest absolute Gasteiger partial charge is 0.327 e. The van der Waals surface area contributed by atoms with Crippen LogP contribution in [-0.2, 0) is 0 Å². The van der Waals surface area contributed by atoms with Crippen LogP contribution in [0.15, 0.2) is 18.2 Å². The highest BCUT2D eigenvalue weighted by Crippen LogP contribution is 2.57. The molecule has 16 heavy (non-hydrogen) atoms. The van der Waals surface area contributed by atoms with Crippen LogP contribution in [0.5, 0.6) is 0 Å². The van der Waals surface area contributed by atoms with Crippen LogP contribution in [0.2, 0.25) is 0 Å². The van der Waals surface area contributed by atoms with Gasteiger partial charge in [-0.3, -0.25) is 10.1 Å². The average molecular weight is 220 g/mol. The normalized spacial score (nSPS) is 26.5. The van der Waals surface area contributed by atoms with E-state index in [0.717, 1.165) is 5.56 Å². The molecule has 1 aromatic carbocycles. The molecule has 0 heterocycles. The lowest BCUT2D eigenvalue weighted by molar-refractivity contribution is -0.385. The van der Waals surface area contributed by atoms with Crippen molar-refractivity contribution in [3.63, 3.8) is 0 Å². The molecular formula is C12H16N2O2. The first-order valence-electron chi connectivity index (χ1n) is 5.36. The van der Waals surface area contributed by atoms with E-state index in [1.807, 2.05) is 6.07 Å². The highest BCUT2D eigenvalue weighted by atomic mass is 16.6. The number of nitro groups is 1. The molecule has 0 saturated heterocycles. The van der Waals surface area contributed by atoms with E-state index >= 15 is 0 Å². The van der Waals surface area contributed by atoms with Gasteiger partial charge in [0.05, 0.1) is 4.92 Å². The van der Waals surface area contributed by atoms with Gasteiger partial charge in [0.15, 0.2) is 0 Å². The van der Waals surface area contributed by atoms with E-state index in [1.165, 1.54) is 0 Å². The molecule has 0 radical (unpaired) electrons. The third-order valence-electron chi connectivity index (χ3n) is 3.70. The molecular weight excluding hydrogens is 204 g/mol. The summed E-state index contributed by atoms with van der Waals surface area (Å²) in [6.07, 6.45) is 0. The van der Waals surface area contributed by atoms with Crippen molar-refractivity contribution >= 4 is 5.69 Å². The number of hydrogen-bond donors (Lipinski definition) is 1. The van der Waals surface area contributed by atoms with Gasteiger partial charge in [0, 0.05) is 23.6 Å². The van der Waals surface area contributed by atoms with Gasteiger partial charge in [-0.05, 0) is 17.9 Å². The second-order valence-electron chi connectivity index (χ2n) is 5.13. The van der Waals surface area contributed by atoms with Gasteiger partial charge < -0.3 is 5.73 Å². The molecule has 1 aliphatic carbocycles. The minimum atomic E-state index is -0.334. The summed E-state index contributed by atoms with van der Waals surface area (Å²) in [5.74, 6) is 0.242. The Hall–Kier alpha value is -1.42. The van der Waals surface area contributed by atoms with E-state index in [0.29, 0.717) is 5.56 Å². The van der Waals surface area contributed by atoms with Gasteiger partial charge in [-0.25, -0.2) is 0 Å². The first kappa shape index (κ1) is 11.1. The van der Waals surface area contributed by atoms with Gasteiger partial charge >= 0.3 is 0 Å². The van der Waals surface area contributed by atoms with Crippen LogP contribution in [0.3, 0.4) is 0 Å². The maximum atomic E-state index is 10.8. The maximum Gasteiger partial charge on any atom is 0.272 e. The summed E-state index contributed by atoms with van der Waals surface area (Å²) in [6.45, 7) is 5.93. The number of aryl methyl sites for hydroxylation is 1. The Morgan fingerprint density at radius 2 is 2.00 bits per heavy atom. The van der Waals surface area contributed by atoms with Gasteiger partial charge in [0.25, 0.3) is 5.69 Å². The van der Waals surface area contributed by atoms with Crippen LogP contribution in [0.4, 0.5) is 5.69 Å². The summed E-state index contributed by atoms with van der Waals surface area (Å²) >= 11 is 0. The van der Waals surface area contributed by atoms with Crippen LogP contribution in [-0.4, -0.2) is 11.0 Å². The predicted molar refractivity (Wildman–Crippen MR) is 62.3 cm³/mol. The van der Waals surface area contributed by atoms with Gasteiger partial charge in [0.1, 0.15) is 0 Å². The highest BCUT2D eigenvalue weighted by Gasteiger charge is 2.56. The van der Waals surface area contributed by atoms with E-state index in [2.05, 4.69) is 13.8 Å². The summed E-state index contributed by atoms with van der Waals surface area (Å²) in [6, 6.07) is 5.51. The summed E-state index contributed by atoms with van der Waals surface area (Å²) in [5.41, 5.74) is 7.89. The molecule has 4 heteroatoms. The van der Waals surface area contributed by atoms with Crippen molar-refractivity contribution in [2.75, 3.05) is 0 Å². The lowest BCUT2D eigenvalue weighted by Gasteiger charge is -2.04. The van der Waals surface area contributed by atoms with Crippen LogP contribution in [0, 0.1) is 22.5 Å². The predicted octanol–water partition coefficient (Wildman–Crippen LogP) is 2.35. The second-order valence-corrected chi connectivity index (χ2v) is 5.13. The topological polar surface area (TPSA) is 69.2 Å². The molecule has 0 aliphatic heterocycles. The second kappa shape index (κ2) is 3.28. The summed E-state index contributed by atoms with van der Waals surface area (Å²) in [5, 5.41) is 10.8. The average Bonchev–Trinajstić information content (AvgIpc) is 2.67. The fourth-order valence-corrected chi connectivity index (χ4v) is 2.33. The number of nitrogens with two attached hydrogens (primary N) is 1. The van der Waals surface area contributed by atoms with Crippen molar-refractivity contribution in [1.29, 1.82) is 0 Å². The molecule has 1 aliphatic rings. The molecule has 1 aromatic rings. The zero-order chi connectivity index (χ0) is 12.1. The molecule has 0 aromatic heterocycles. The Bertz CT molecular complexity index is 454. The summed E-state index contributed by atoms with van der Waals surface area (Å²) in [7, 11) is 0. The molecule has 0 amide bonds. The van der Waals surface area contributed by atoms with E-state index < -0.39 is 0 Å². The van der Waals surface area contributed by atoms with Crippen molar-refractivity contribution in [3.05, 3.63) is 39.4 Å². The van der Waals surface area contributed by atoms with Crippen LogP contribution in [0.1, 0.15) is 30.9 Å². The van der Waals surface area contributed by atoms with Crippen molar-refractivity contribution in [2.45, 2.75) is 32.7 Å². The van der Waals surface area contributed by atoms with Crippen LogP contribution < -0.4 is 5.73 Å². The Labute approximate surface area is 94.6 Å². The number of nitro benzene ring substituents is 1. The number of hydrogen-bond acceptors (Lipinski definition) is 3. The lowest BCUT2D eigenvalue weighted by Crippen LogP contribution is -2.06. The van der Waals surface area contributed by atoms with E-state index in [-0.39, 0.29) is 28.0 Å². The number of benzene rings is 1. The van der Waals surface area contributed by atoms with Gasteiger partial charge in [-0.2, -0.15) is 0 Å². The molecule has 2 rings (SSSR count). The van der Waals surface area contributed by atoms with Gasteiger partial charge in [0.2, 0.25) is 0 Å². The van der Waals surface area contributed by atoms with E-state index in [4.69, 9.17) is 5.73 Å². The maximum absolute atomic E-state index is 10.8. The Morgan fingerprint density at radius 1 is 1.44 bits per heavy atom. The minimum Gasteiger partial charge on any atom is -0.327 e. The summed E-state index contributed by atoms with van der Waals surface area (Å²) < 4.78 is 0. The van der Waals surface area contributed by atoms with E-state index in [1.54, 1.807) is 19.1 Å². The molecule has 0 spiro atoms. The van der Waals surface area contributed by atoms with Crippen molar-refractivity contribution in [1.82, 2.24) is 0 Å². The van der Waals surface area contributed by atoms with Crippen LogP contribution >= 0.6 is 0 Å². The lowest BCUT2D eigenvalue weighted by atomic mass is 10.0. The molecule has 2 unspecified atom stereocenters. The summed E-state index contributed by atoms with van der Waals surface area (Å²) in [4.78, 5) is 10.5. The quantitative estimate of drug-likeness (QED) is 0.614. The minimum absolute atomic E-state index is 0.0587. The Morgan fingerprint density at radius 3 is 2.44 bits per heavy atom. The molecule has 2 atom stereocenters. The zero-order valence-corrected chi connectivity index (χ0v) is 9.73. The smallest absolute Gasteiger partial charge is 0.272 e. The first-order valence-corrected chi connectivity index (χ1v) is 5.36. The molecule has 4 nitrogen and oxygen atoms in total. The SMILES string of the molecule is Cc1ccc(C2C(N)C2(C)C)cc1[N+](=O)[O-]. The number of rotatable bonds is 2. The fraction of sp³-hybridized carbons (Fsp3) is 0.500. The first-order chi connectivity index (χ1) is 7.35. The van der Waals surface area contributed by atoms with Crippen LogP contribution in [0.25, 0.3) is 0 Å². The third-order valence-corrected chi connectivity index (χ3v) is 3.70. The molecule has 1 saturated carbocycles. The zero-order valence-electron chi connectivity index (χ0n) is 9.73. The monoisotopic (exact) mass is 220 g/mol. The molecule has 86 valence electrons. The Kier molecular flexibility index (Phi) is 2.27.